The minimum absolute atomic E-state index is 0.499. The summed E-state index contributed by atoms with van der Waals surface area (Å²) in [5, 5.41) is 0. The lowest BCUT2D eigenvalue weighted by Crippen LogP contribution is -1.89. The third-order valence-corrected chi connectivity index (χ3v) is 2.54. The molecule has 3 rings (SSSR count). The van der Waals surface area contributed by atoms with E-state index in [0.717, 1.165) is 28.2 Å². The Balaban J connectivity index is 2.14. The van der Waals surface area contributed by atoms with E-state index in [1.165, 1.54) is 0 Å². The van der Waals surface area contributed by atoms with Gasteiger partial charge in [0.25, 0.3) is 0 Å². The Morgan fingerprint density at radius 3 is 2.76 bits per heavy atom. The lowest BCUT2D eigenvalue weighted by atomic mass is 10.3. The lowest BCUT2D eigenvalue weighted by molar-refractivity contribution is 1.22. The highest BCUT2D eigenvalue weighted by molar-refractivity contribution is 5.75. The summed E-state index contributed by atoms with van der Waals surface area (Å²) in [6, 6.07) is 7.55. The van der Waals surface area contributed by atoms with Gasteiger partial charge in [0.05, 0.1) is 5.52 Å². The molecule has 5 heteroatoms. The van der Waals surface area contributed by atoms with E-state index in [4.69, 9.17) is 5.73 Å². The minimum Gasteiger partial charge on any atom is -0.384 e. The van der Waals surface area contributed by atoms with Crippen molar-refractivity contribution in [3.8, 4) is 11.4 Å². The number of nitrogens with zero attached hydrogens (tertiary/aromatic N) is 3. The summed E-state index contributed by atoms with van der Waals surface area (Å²) < 4.78 is 0. The number of nitrogens with one attached hydrogen (secondary N) is 1. The van der Waals surface area contributed by atoms with Crippen molar-refractivity contribution < 1.29 is 0 Å². The van der Waals surface area contributed by atoms with Gasteiger partial charge in [-0.25, -0.2) is 15.0 Å². The Hall–Kier alpha value is -2.43. The van der Waals surface area contributed by atoms with Gasteiger partial charge in [0, 0.05) is 17.5 Å². The zero-order chi connectivity index (χ0) is 11.8. The molecule has 0 bridgehead atoms. The fourth-order valence-corrected chi connectivity index (χ4v) is 1.67. The number of aryl methyl sites for hydroxylation is 1. The van der Waals surface area contributed by atoms with Crippen LogP contribution in [0.15, 0.2) is 30.5 Å². The summed E-state index contributed by atoms with van der Waals surface area (Å²) in [7, 11) is 0. The molecule has 84 valence electrons. The molecule has 0 spiro atoms. The van der Waals surface area contributed by atoms with Gasteiger partial charge in [-0.05, 0) is 31.2 Å². The first-order valence-electron chi connectivity index (χ1n) is 5.27. The maximum atomic E-state index is 5.55. The molecule has 3 N–H and O–H groups in total. The zero-order valence-corrected chi connectivity index (χ0v) is 9.31. The van der Waals surface area contributed by atoms with E-state index in [1.807, 2.05) is 25.1 Å². The van der Waals surface area contributed by atoms with Crippen LogP contribution < -0.4 is 5.73 Å². The quantitative estimate of drug-likeness (QED) is 0.663. The maximum absolute atomic E-state index is 5.55. The predicted molar refractivity (Wildman–Crippen MR) is 66.3 cm³/mol. The standard InChI is InChI=1S/C12H11N5/c1-7-2-4-9-12(15-7)17-11(16-9)8-3-5-10(13)14-6-8/h2-6H,1H3,(H2,13,14)(H,15,16,17). The molecule has 0 radical (unpaired) electrons. The average Bonchev–Trinajstić information content (AvgIpc) is 2.72. The van der Waals surface area contributed by atoms with Crippen LogP contribution in [-0.4, -0.2) is 19.9 Å². The highest BCUT2D eigenvalue weighted by atomic mass is 15.0. The van der Waals surface area contributed by atoms with E-state index in [2.05, 4.69) is 19.9 Å². The number of anilines is 1. The number of pyridine rings is 2. The number of imidazole rings is 1. The summed E-state index contributed by atoms with van der Waals surface area (Å²) in [5.74, 6) is 1.25. The molecule has 0 unspecified atom stereocenters. The fourth-order valence-electron chi connectivity index (χ4n) is 1.67. The van der Waals surface area contributed by atoms with Crippen LogP contribution in [0, 0.1) is 6.92 Å². The Morgan fingerprint density at radius 2 is 2.00 bits per heavy atom. The van der Waals surface area contributed by atoms with Crippen LogP contribution in [0.2, 0.25) is 0 Å². The lowest BCUT2D eigenvalue weighted by Gasteiger charge is -1.95. The van der Waals surface area contributed by atoms with Crippen LogP contribution in [0.5, 0.6) is 0 Å². The second-order valence-corrected chi connectivity index (χ2v) is 3.88. The van der Waals surface area contributed by atoms with Crippen LogP contribution in [0.4, 0.5) is 5.82 Å². The van der Waals surface area contributed by atoms with E-state index >= 15 is 0 Å². The van der Waals surface area contributed by atoms with Crippen molar-refractivity contribution in [1.82, 2.24) is 19.9 Å². The summed E-state index contributed by atoms with van der Waals surface area (Å²) in [6.45, 7) is 1.94. The molecule has 17 heavy (non-hydrogen) atoms. The summed E-state index contributed by atoms with van der Waals surface area (Å²) in [4.78, 5) is 16.0. The molecule has 0 saturated carbocycles. The van der Waals surface area contributed by atoms with Crippen molar-refractivity contribution in [3.63, 3.8) is 0 Å². The van der Waals surface area contributed by atoms with Crippen molar-refractivity contribution in [3.05, 3.63) is 36.2 Å². The number of fused-ring (bicyclic) bond motifs is 1. The van der Waals surface area contributed by atoms with Gasteiger partial charge < -0.3 is 10.7 Å². The number of H-pyrrole nitrogens is 1. The van der Waals surface area contributed by atoms with Crippen molar-refractivity contribution in [2.45, 2.75) is 6.92 Å². The van der Waals surface area contributed by atoms with Crippen LogP contribution in [0.3, 0.4) is 0 Å². The average molecular weight is 225 g/mol. The maximum Gasteiger partial charge on any atom is 0.178 e. The van der Waals surface area contributed by atoms with Gasteiger partial charge in [-0.2, -0.15) is 0 Å². The molecule has 0 fully saturated rings. The first-order chi connectivity index (χ1) is 8.22. The van der Waals surface area contributed by atoms with Crippen LogP contribution in [-0.2, 0) is 0 Å². The van der Waals surface area contributed by atoms with Gasteiger partial charge in [0.15, 0.2) is 5.65 Å². The predicted octanol–water partition coefficient (Wildman–Crippen LogP) is 1.91. The molecule has 0 aromatic carbocycles. The Bertz CT molecular complexity index is 669. The Kier molecular flexibility index (Phi) is 2.04. The highest BCUT2D eigenvalue weighted by Crippen LogP contribution is 2.19. The second-order valence-electron chi connectivity index (χ2n) is 3.88. The minimum atomic E-state index is 0.499. The van der Waals surface area contributed by atoms with E-state index in [0.29, 0.717) is 5.82 Å². The number of hydrogen-bond acceptors (Lipinski definition) is 4. The molecule has 0 aliphatic carbocycles. The topological polar surface area (TPSA) is 80.5 Å². The SMILES string of the molecule is Cc1ccc2[nH]c(-c3ccc(N)nc3)nc2n1. The summed E-state index contributed by atoms with van der Waals surface area (Å²) in [5.41, 5.74) is 9.03. The molecule has 3 aromatic heterocycles. The molecular formula is C12H11N5. The Morgan fingerprint density at radius 1 is 1.12 bits per heavy atom. The smallest absolute Gasteiger partial charge is 0.178 e. The van der Waals surface area contributed by atoms with Gasteiger partial charge in [0.2, 0.25) is 0 Å². The van der Waals surface area contributed by atoms with Gasteiger partial charge >= 0.3 is 0 Å². The third kappa shape index (κ3) is 1.71. The molecule has 5 nitrogen and oxygen atoms in total. The molecule has 0 saturated heterocycles. The molecule has 0 atom stereocenters. The number of nitrogens with two attached hydrogens (primary N) is 1. The van der Waals surface area contributed by atoms with Crippen LogP contribution in [0.1, 0.15) is 5.69 Å². The molecule has 3 heterocycles. The first-order valence-corrected chi connectivity index (χ1v) is 5.27. The van der Waals surface area contributed by atoms with Crippen LogP contribution in [0.25, 0.3) is 22.6 Å². The molecule has 0 aliphatic rings. The first kappa shape index (κ1) is 9.77. The Labute approximate surface area is 97.7 Å². The van der Waals surface area contributed by atoms with Crippen molar-refractivity contribution in [2.24, 2.45) is 0 Å². The monoisotopic (exact) mass is 225 g/mol. The van der Waals surface area contributed by atoms with Gasteiger partial charge in [-0.15, -0.1) is 0 Å². The number of aromatic nitrogens is 4. The summed E-state index contributed by atoms with van der Waals surface area (Å²) in [6.07, 6.45) is 1.69. The second kappa shape index (κ2) is 3.55. The number of nitrogen functional groups attached to an aromatic ring is 1. The van der Waals surface area contributed by atoms with Gasteiger partial charge in [-0.3, -0.25) is 0 Å². The molecular weight excluding hydrogens is 214 g/mol. The largest absolute Gasteiger partial charge is 0.384 e. The van der Waals surface area contributed by atoms with Crippen LogP contribution >= 0.6 is 0 Å². The van der Waals surface area contributed by atoms with Gasteiger partial charge in [-0.1, -0.05) is 0 Å². The molecule has 0 aliphatic heterocycles. The summed E-state index contributed by atoms with van der Waals surface area (Å²) >= 11 is 0. The van der Waals surface area contributed by atoms with E-state index in [9.17, 15) is 0 Å². The number of hydrogen-bond donors (Lipinski definition) is 2. The fraction of sp³-hybridized carbons (Fsp3) is 0.0833. The van der Waals surface area contributed by atoms with E-state index in [1.54, 1.807) is 12.3 Å². The molecule has 3 aromatic rings. The van der Waals surface area contributed by atoms with Crippen molar-refractivity contribution in [2.75, 3.05) is 5.73 Å². The van der Waals surface area contributed by atoms with Gasteiger partial charge in [0.1, 0.15) is 11.6 Å². The van der Waals surface area contributed by atoms with E-state index < -0.39 is 0 Å². The van der Waals surface area contributed by atoms with Crippen molar-refractivity contribution in [1.29, 1.82) is 0 Å². The normalized spacial score (nSPS) is 10.9. The van der Waals surface area contributed by atoms with E-state index in [-0.39, 0.29) is 0 Å². The zero-order valence-electron chi connectivity index (χ0n) is 9.31. The third-order valence-electron chi connectivity index (χ3n) is 2.54. The number of aromatic amines is 1. The highest BCUT2D eigenvalue weighted by Gasteiger charge is 2.06. The number of rotatable bonds is 1. The van der Waals surface area contributed by atoms with Crippen molar-refractivity contribution >= 4 is 17.0 Å². The molecule has 0 amide bonds.